The highest BCUT2D eigenvalue weighted by molar-refractivity contribution is 5.17. The molecule has 2 nitrogen and oxygen atoms in total. The number of hydrogen-bond acceptors (Lipinski definition) is 2. The van der Waals surface area contributed by atoms with Gasteiger partial charge in [-0.25, -0.2) is 4.39 Å². The molecular formula is C14H19FN2. The van der Waals surface area contributed by atoms with Gasteiger partial charge in [0.15, 0.2) is 0 Å². The van der Waals surface area contributed by atoms with Crippen molar-refractivity contribution in [2.24, 2.45) is 5.92 Å². The SMILES string of the molecule is Fc1ccccc1CNC1CCN2CCC1C2. The summed E-state index contributed by atoms with van der Waals surface area (Å²) in [5.41, 5.74) is 0.785. The summed E-state index contributed by atoms with van der Waals surface area (Å²) in [4.78, 5) is 2.53. The molecule has 0 aromatic heterocycles. The molecule has 2 heterocycles. The van der Waals surface area contributed by atoms with Crippen molar-refractivity contribution in [2.75, 3.05) is 19.6 Å². The molecule has 0 spiro atoms. The van der Waals surface area contributed by atoms with Gasteiger partial charge in [-0.3, -0.25) is 0 Å². The monoisotopic (exact) mass is 234 g/mol. The standard InChI is InChI=1S/C14H19FN2/c15-13-4-2-1-3-11(13)9-16-14-6-8-17-7-5-12(14)10-17/h1-4,12,14,16H,5-10H2. The molecule has 1 aromatic carbocycles. The van der Waals surface area contributed by atoms with Crippen molar-refractivity contribution in [3.8, 4) is 0 Å². The van der Waals surface area contributed by atoms with E-state index in [1.54, 1.807) is 6.07 Å². The molecular weight excluding hydrogens is 215 g/mol. The van der Waals surface area contributed by atoms with Gasteiger partial charge in [0.05, 0.1) is 0 Å². The van der Waals surface area contributed by atoms with Crippen LogP contribution >= 0.6 is 0 Å². The van der Waals surface area contributed by atoms with Crippen LogP contribution in [-0.2, 0) is 6.54 Å². The highest BCUT2D eigenvalue weighted by Crippen LogP contribution is 2.27. The molecule has 3 rings (SSSR count). The fourth-order valence-corrected chi connectivity index (χ4v) is 3.10. The normalized spacial score (nSPS) is 31.7. The molecule has 0 radical (unpaired) electrons. The van der Waals surface area contributed by atoms with Crippen molar-refractivity contribution in [2.45, 2.75) is 25.4 Å². The first-order valence-electron chi connectivity index (χ1n) is 6.52. The van der Waals surface area contributed by atoms with E-state index in [-0.39, 0.29) is 5.82 Å². The molecule has 1 aromatic rings. The molecule has 1 N–H and O–H groups in total. The Labute approximate surface area is 102 Å². The second-order valence-corrected chi connectivity index (χ2v) is 5.22. The minimum absolute atomic E-state index is 0.0937. The molecule has 2 saturated heterocycles. The fraction of sp³-hybridized carbons (Fsp3) is 0.571. The maximum absolute atomic E-state index is 13.5. The summed E-state index contributed by atoms with van der Waals surface area (Å²) >= 11 is 0. The number of piperidine rings is 1. The third kappa shape index (κ3) is 2.35. The van der Waals surface area contributed by atoms with Gasteiger partial charge in [0.2, 0.25) is 0 Å². The smallest absolute Gasteiger partial charge is 0.127 e. The molecule has 2 bridgehead atoms. The topological polar surface area (TPSA) is 15.3 Å². The third-order valence-electron chi connectivity index (χ3n) is 4.15. The second kappa shape index (κ2) is 4.75. The van der Waals surface area contributed by atoms with Crippen LogP contribution in [0.4, 0.5) is 4.39 Å². The first-order valence-corrected chi connectivity index (χ1v) is 6.52. The largest absolute Gasteiger partial charge is 0.309 e. The number of hydrogen-bond donors (Lipinski definition) is 1. The number of nitrogens with one attached hydrogen (secondary N) is 1. The molecule has 17 heavy (non-hydrogen) atoms. The Kier molecular flexibility index (Phi) is 3.12. The van der Waals surface area contributed by atoms with E-state index in [0.717, 1.165) is 11.5 Å². The number of fused-ring (bicyclic) bond motifs is 2. The lowest BCUT2D eigenvalue weighted by Gasteiger charge is -2.31. The number of rotatable bonds is 3. The molecule has 3 unspecified atom stereocenters. The molecule has 3 heteroatoms. The van der Waals surface area contributed by atoms with Crippen LogP contribution in [0.1, 0.15) is 18.4 Å². The minimum Gasteiger partial charge on any atom is -0.309 e. The summed E-state index contributed by atoms with van der Waals surface area (Å²) < 4.78 is 13.5. The summed E-state index contributed by atoms with van der Waals surface area (Å²) in [6.07, 6.45) is 2.51. The van der Waals surface area contributed by atoms with Crippen LogP contribution in [0.2, 0.25) is 0 Å². The van der Waals surface area contributed by atoms with Crippen molar-refractivity contribution in [3.63, 3.8) is 0 Å². The van der Waals surface area contributed by atoms with E-state index in [9.17, 15) is 4.39 Å². The lowest BCUT2D eigenvalue weighted by molar-refractivity contribution is 0.220. The average molecular weight is 234 g/mol. The summed E-state index contributed by atoms with van der Waals surface area (Å²) in [6.45, 7) is 4.34. The second-order valence-electron chi connectivity index (χ2n) is 5.22. The van der Waals surface area contributed by atoms with E-state index in [1.807, 2.05) is 12.1 Å². The zero-order valence-corrected chi connectivity index (χ0v) is 10.0. The Morgan fingerprint density at radius 2 is 2.06 bits per heavy atom. The van der Waals surface area contributed by atoms with E-state index >= 15 is 0 Å². The fourth-order valence-electron chi connectivity index (χ4n) is 3.10. The number of nitrogens with zero attached hydrogens (tertiary/aromatic N) is 1. The van der Waals surface area contributed by atoms with Crippen LogP contribution < -0.4 is 5.32 Å². The molecule has 2 aliphatic rings. The highest BCUT2D eigenvalue weighted by Gasteiger charge is 2.33. The molecule has 0 saturated carbocycles. The van der Waals surface area contributed by atoms with Crippen LogP contribution in [-0.4, -0.2) is 30.6 Å². The van der Waals surface area contributed by atoms with E-state index in [4.69, 9.17) is 0 Å². The lowest BCUT2D eigenvalue weighted by atomic mass is 9.94. The Morgan fingerprint density at radius 3 is 2.94 bits per heavy atom. The molecule has 92 valence electrons. The number of halogens is 1. The summed E-state index contributed by atoms with van der Waals surface area (Å²) in [6, 6.07) is 7.63. The highest BCUT2D eigenvalue weighted by atomic mass is 19.1. The zero-order valence-electron chi connectivity index (χ0n) is 10.0. The van der Waals surface area contributed by atoms with E-state index in [1.165, 1.54) is 38.5 Å². The molecule has 2 fully saturated rings. The Morgan fingerprint density at radius 1 is 1.24 bits per heavy atom. The predicted molar refractivity (Wildman–Crippen MR) is 66.2 cm³/mol. The predicted octanol–water partition coefficient (Wildman–Crippen LogP) is 2.01. The van der Waals surface area contributed by atoms with E-state index < -0.39 is 0 Å². The quantitative estimate of drug-likeness (QED) is 0.860. The van der Waals surface area contributed by atoms with Crippen molar-refractivity contribution in [1.29, 1.82) is 0 Å². The molecule has 3 atom stereocenters. The number of benzene rings is 1. The zero-order chi connectivity index (χ0) is 11.7. The van der Waals surface area contributed by atoms with Crippen LogP contribution in [0.5, 0.6) is 0 Å². The molecule has 0 amide bonds. The summed E-state index contributed by atoms with van der Waals surface area (Å²) in [5, 5.41) is 3.54. The van der Waals surface area contributed by atoms with Gasteiger partial charge in [0, 0.05) is 24.7 Å². The van der Waals surface area contributed by atoms with E-state index in [2.05, 4.69) is 10.2 Å². The van der Waals surface area contributed by atoms with Crippen LogP contribution in [0.3, 0.4) is 0 Å². The van der Waals surface area contributed by atoms with Gasteiger partial charge in [-0.15, -0.1) is 0 Å². The average Bonchev–Trinajstić information content (AvgIpc) is 2.73. The van der Waals surface area contributed by atoms with Gasteiger partial charge >= 0.3 is 0 Å². The van der Waals surface area contributed by atoms with Gasteiger partial charge in [-0.2, -0.15) is 0 Å². The Hall–Kier alpha value is -0.930. The molecule has 0 aliphatic carbocycles. The Balaban J connectivity index is 1.59. The van der Waals surface area contributed by atoms with Crippen molar-refractivity contribution in [1.82, 2.24) is 10.2 Å². The Bertz CT molecular complexity index is 394. The minimum atomic E-state index is -0.0937. The summed E-state index contributed by atoms with van der Waals surface area (Å²) in [7, 11) is 0. The van der Waals surface area contributed by atoms with Crippen molar-refractivity contribution >= 4 is 0 Å². The maximum Gasteiger partial charge on any atom is 0.127 e. The van der Waals surface area contributed by atoms with Gasteiger partial charge in [0.25, 0.3) is 0 Å². The van der Waals surface area contributed by atoms with Crippen LogP contribution in [0.25, 0.3) is 0 Å². The van der Waals surface area contributed by atoms with Gasteiger partial charge in [-0.05, 0) is 37.9 Å². The lowest BCUT2D eigenvalue weighted by Crippen LogP contribution is -2.43. The first-order chi connectivity index (χ1) is 8.33. The van der Waals surface area contributed by atoms with Gasteiger partial charge in [-0.1, -0.05) is 18.2 Å². The van der Waals surface area contributed by atoms with E-state index in [0.29, 0.717) is 12.6 Å². The van der Waals surface area contributed by atoms with Crippen LogP contribution in [0, 0.1) is 11.7 Å². The van der Waals surface area contributed by atoms with Gasteiger partial charge in [0.1, 0.15) is 5.82 Å². The maximum atomic E-state index is 13.5. The van der Waals surface area contributed by atoms with Gasteiger partial charge < -0.3 is 10.2 Å². The summed E-state index contributed by atoms with van der Waals surface area (Å²) in [5.74, 6) is 0.680. The third-order valence-corrected chi connectivity index (χ3v) is 4.15. The van der Waals surface area contributed by atoms with Crippen LogP contribution in [0.15, 0.2) is 24.3 Å². The van der Waals surface area contributed by atoms with Crippen molar-refractivity contribution in [3.05, 3.63) is 35.6 Å². The van der Waals surface area contributed by atoms with Crippen molar-refractivity contribution < 1.29 is 4.39 Å². The molecule has 2 aliphatic heterocycles. The first kappa shape index (κ1) is 11.2.